The number of hydrogen-bond acceptors (Lipinski definition) is 9. The van der Waals surface area contributed by atoms with Crippen molar-refractivity contribution in [3.8, 4) is 16.9 Å². The van der Waals surface area contributed by atoms with Crippen LogP contribution < -0.4 is 10.6 Å². The van der Waals surface area contributed by atoms with Crippen LogP contribution >= 0.6 is 0 Å². The van der Waals surface area contributed by atoms with Gasteiger partial charge in [0.15, 0.2) is 5.03 Å². The minimum Gasteiger partial charge on any atom is -0.351 e. The van der Waals surface area contributed by atoms with Gasteiger partial charge in [0.25, 0.3) is 10.0 Å². The number of imidazole rings is 1. The fourth-order valence-electron chi connectivity index (χ4n) is 4.87. The lowest BCUT2D eigenvalue weighted by Crippen LogP contribution is -2.47. The highest BCUT2D eigenvalue weighted by Gasteiger charge is 2.35. The first kappa shape index (κ1) is 26.9. The second kappa shape index (κ2) is 10.8. The molecule has 4 aromatic rings. The number of aryl methyl sites for hydroxylation is 3. The van der Waals surface area contributed by atoms with E-state index in [1.54, 1.807) is 24.0 Å². The van der Waals surface area contributed by atoms with E-state index in [0.29, 0.717) is 32.0 Å². The average molecular weight is 551 g/mol. The molecule has 1 aliphatic heterocycles. The third kappa shape index (κ3) is 5.56. The first-order chi connectivity index (χ1) is 18.7. The molecule has 5 heterocycles. The number of piperidine rings is 1. The molecular weight excluding hydrogens is 516 g/mol. The zero-order chi connectivity index (χ0) is 27.7. The van der Waals surface area contributed by atoms with E-state index in [0.717, 1.165) is 33.9 Å². The fourth-order valence-corrected chi connectivity index (χ4v) is 6.39. The molecule has 1 aliphatic rings. The zero-order valence-corrected chi connectivity index (χ0v) is 23.6. The highest BCUT2D eigenvalue weighted by Crippen LogP contribution is 2.27. The summed E-state index contributed by atoms with van der Waals surface area (Å²) < 4.78 is 31.0. The quantitative estimate of drug-likeness (QED) is 0.339. The monoisotopic (exact) mass is 550 g/mol. The van der Waals surface area contributed by atoms with Crippen molar-refractivity contribution in [3.05, 3.63) is 60.2 Å². The van der Waals surface area contributed by atoms with E-state index in [4.69, 9.17) is 4.98 Å². The van der Waals surface area contributed by atoms with E-state index in [-0.39, 0.29) is 17.0 Å². The van der Waals surface area contributed by atoms with Crippen LogP contribution in [0.1, 0.15) is 30.3 Å². The van der Waals surface area contributed by atoms with Gasteiger partial charge >= 0.3 is 0 Å². The number of rotatable bonds is 8. The van der Waals surface area contributed by atoms with Crippen molar-refractivity contribution in [2.75, 3.05) is 25.5 Å². The Labute approximate surface area is 228 Å². The Morgan fingerprint density at radius 3 is 2.62 bits per heavy atom. The van der Waals surface area contributed by atoms with Gasteiger partial charge in [0.2, 0.25) is 5.95 Å². The summed E-state index contributed by atoms with van der Waals surface area (Å²) in [5.41, 5.74) is 5.38. The number of pyridine rings is 1. The van der Waals surface area contributed by atoms with Crippen molar-refractivity contribution < 1.29 is 8.42 Å². The molecule has 0 aliphatic carbocycles. The Bertz CT molecular complexity index is 1580. The highest BCUT2D eigenvalue weighted by molar-refractivity contribution is 7.89. The molecule has 39 heavy (non-hydrogen) atoms. The average Bonchev–Trinajstić information content (AvgIpc) is 3.56. The third-order valence-corrected chi connectivity index (χ3v) is 8.77. The maximum Gasteiger partial charge on any atom is 0.262 e. The van der Waals surface area contributed by atoms with Crippen LogP contribution in [0.3, 0.4) is 0 Å². The van der Waals surface area contributed by atoms with Gasteiger partial charge in [0.05, 0.1) is 35.3 Å². The lowest BCUT2D eigenvalue weighted by molar-refractivity contribution is 0.260. The summed E-state index contributed by atoms with van der Waals surface area (Å²) in [6.45, 7) is 7.48. The lowest BCUT2D eigenvalue weighted by Gasteiger charge is -2.36. The molecule has 1 fully saturated rings. The number of anilines is 1. The van der Waals surface area contributed by atoms with E-state index >= 15 is 0 Å². The molecule has 0 saturated carbocycles. The molecule has 0 spiro atoms. The van der Waals surface area contributed by atoms with Gasteiger partial charge < -0.3 is 15.2 Å². The van der Waals surface area contributed by atoms with E-state index in [2.05, 4.69) is 30.7 Å². The molecular formula is C26H34N10O2S. The van der Waals surface area contributed by atoms with E-state index in [1.165, 1.54) is 16.8 Å². The molecule has 2 N–H and O–H groups in total. The minimum absolute atomic E-state index is 0.0308. The van der Waals surface area contributed by atoms with Crippen molar-refractivity contribution in [1.29, 1.82) is 0 Å². The van der Waals surface area contributed by atoms with Gasteiger partial charge in [0.1, 0.15) is 0 Å². The van der Waals surface area contributed by atoms with Crippen LogP contribution in [0.5, 0.6) is 0 Å². The molecule has 12 nitrogen and oxygen atoms in total. The standard InChI is InChI=1S/C26H34N10O2S/c1-17-10-28-26(32-22-8-9-35(13-18(22)2)39(37,38)24-15-34(5)16-29-24)33-25(17)20-11-30-36(14-20)23-7-6-21(12-27-4)31-19(23)3/h6-7,10-11,14-16,18,22,27H,8-9,12-13H2,1-5H3,(H,28,32,33)/t18-,22+/m1/s1. The summed E-state index contributed by atoms with van der Waals surface area (Å²) in [6.07, 6.45) is 9.21. The number of aromatic nitrogens is 7. The van der Waals surface area contributed by atoms with Gasteiger partial charge in [0, 0.05) is 56.9 Å². The SMILES string of the molecule is CNCc1ccc(-n2cc(-c3nc(N[C@H]4CCN(S(=O)(=O)c5cn(C)cn5)C[C@H]4C)ncc3C)cn2)c(C)n1. The lowest BCUT2D eigenvalue weighted by atomic mass is 9.95. The first-order valence-electron chi connectivity index (χ1n) is 12.9. The Morgan fingerprint density at radius 1 is 1.10 bits per heavy atom. The van der Waals surface area contributed by atoms with Gasteiger partial charge in [-0.1, -0.05) is 6.92 Å². The predicted octanol–water partition coefficient (Wildman–Crippen LogP) is 2.31. The van der Waals surface area contributed by atoms with Crippen LogP contribution in [0.15, 0.2) is 48.3 Å². The zero-order valence-electron chi connectivity index (χ0n) is 22.8. The van der Waals surface area contributed by atoms with E-state index in [9.17, 15) is 8.42 Å². The molecule has 2 atom stereocenters. The fraction of sp³-hybridized carbons (Fsp3) is 0.423. The third-order valence-electron chi connectivity index (χ3n) is 7.02. The summed E-state index contributed by atoms with van der Waals surface area (Å²) in [5.74, 6) is 0.560. The van der Waals surface area contributed by atoms with Crippen molar-refractivity contribution in [3.63, 3.8) is 0 Å². The summed E-state index contributed by atoms with van der Waals surface area (Å²) in [4.78, 5) is 18.0. The Morgan fingerprint density at radius 2 is 1.92 bits per heavy atom. The van der Waals surface area contributed by atoms with Crippen molar-refractivity contribution >= 4 is 16.0 Å². The summed E-state index contributed by atoms with van der Waals surface area (Å²) in [6, 6.07) is 4.04. The molecule has 13 heteroatoms. The summed E-state index contributed by atoms with van der Waals surface area (Å²) in [5, 5.41) is 11.2. The van der Waals surface area contributed by atoms with Crippen molar-refractivity contribution in [2.45, 2.75) is 44.8 Å². The molecule has 0 amide bonds. The van der Waals surface area contributed by atoms with Gasteiger partial charge in [-0.3, -0.25) is 4.98 Å². The highest BCUT2D eigenvalue weighted by atomic mass is 32.2. The first-order valence-corrected chi connectivity index (χ1v) is 14.3. The Kier molecular flexibility index (Phi) is 7.47. The van der Waals surface area contributed by atoms with Gasteiger partial charge in [-0.25, -0.2) is 28.1 Å². The summed E-state index contributed by atoms with van der Waals surface area (Å²) >= 11 is 0. The van der Waals surface area contributed by atoms with Crippen LogP contribution in [0, 0.1) is 19.8 Å². The van der Waals surface area contributed by atoms with Crippen LogP contribution in [0.25, 0.3) is 16.9 Å². The van der Waals surface area contributed by atoms with Gasteiger partial charge in [-0.15, -0.1) is 0 Å². The van der Waals surface area contributed by atoms with Crippen LogP contribution in [-0.4, -0.2) is 73.2 Å². The predicted molar refractivity (Wildman–Crippen MR) is 148 cm³/mol. The van der Waals surface area contributed by atoms with E-state index < -0.39 is 10.0 Å². The smallest absolute Gasteiger partial charge is 0.262 e. The van der Waals surface area contributed by atoms with Gasteiger partial charge in [-0.05, 0) is 50.9 Å². The molecule has 5 rings (SSSR count). The summed E-state index contributed by atoms with van der Waals surface area (Å²) in [7, 11) is 0.0324. The Hall–Kier alpha value is -3.68. The molecule has 206 valence electrons. The second-order valence-electron chi connectivity index (χ2n) is 10.1. The number of hydrogen-bond donors (Lipinski definition) is 2. The molecule has 0 radical (unpaired) electrons. The number of nitrogens with one attached hydrogen (secondary N) is 2. The van der Waals surface area contributed by atoms with Crippen LogP contribution in [-0.2, 0) is 23.6 Å². The Balaban J connectivity index is 1.30. The van der Waals surface area contributed by atoms with Crippen molar-refractivity contribution in [2.24, 2.45) is 13.0 Å². The molecule has 4 aromatic heterocycles. The van der Waals surface area contributed by atoms with Gasteiger partial charge in [-0.2, -0.15) is 9.40 Å². The number of nitrogens with zero attached hydrogens (tertiary/aromatic N) is 8. The van der Waals surface area contributed by atoms with Crippen LogP contribution in [0.4, 0.5) is 5.95 Å². The molecule has 0 aromatic carbocycles. The maximum absolute atomic E-state index is 13.0. The normalized spacial score (nSPS) is 18.4. The maximum atomic E-state index is 13.0. The largest absolute Gasteiger partial charge is 0.351 e. The molecule has 1 saturated heterocycles. The van der Waals surface area contributed by atoms with E-state index in [1.807, 2.05) is 50.8 Å². The minimum atomic E-state index is -3.62. The van der Waals surface area contributed by atoms with Crippen LogP contribution in [0.2, 0.25) is 0 Å². The molecule has 0 bridgehead atoms. The van der Waals surface area contributed by atoms with Crippen molar-refractivity contribution in [1.82, 2.24) is 43.9 Å². The molecule has 0 unspecified atom stereocenters. The number of sulfonamides is 1. The topological polar surface area (TPSA) is 136 Å². The second-order valence-corrected chi connectivity index (χ2v) is 12.0.